The summed E-state index contributed by atoms with van der Waals surface area (Å²) in [4.78, 5) is 14.5. The van der Waals surface area contributed by atoms with Crippen molar-refractivity contribution in [1.82, 2.24) is 13.9 Å². The molecule has 8 aliphatic rings. The largest absolute Gasteiger partial charge is 1.00 e. The van der Waals surface area contributed by atoms with E-state index in [1.54, 1.807) is 0 Å². The van der Waals surface area contributed by atoms with Crippen molar-refractivity contribution in [2.45, 2.75) is 135 Å². The van der Waals surface area contributed by atoms with E-state index in [-0.39, 0.29) is 39.9 Å². The van der Waals surface area contributed by atoms with Crippen LogP contribution in [0.2, 0.25) is 0 Å². The van der Waals surface area contributed by atoms with Crippen molar-refractivity contribution >= 4 is 41.0 Å². The fraction of sp³-hybridized carbons (Fsp3) is 0.471. The number of carbonyl (C=O) groups excluding carboxylic acids is 1. The molecule has 0 aliphatic carbocycles. The van der Waals surface area contributed by atoms with E-state index in [0.717, 1.165) is 65.2 Å². The molecule has 14 rings (SSSR count). The molecule has 4 bridgehead atoms. The smallest absolute Gasteiger partial charge is 0.254 e. The van der Waals surface area contributed by atoms with Crippen LogP contribution in [0.5, 0.6) is 0 Å². The molecular weight excluding hydrogens is 1310 g/mol. The maximum absolute atomic E-state index is 12.5. The van der Waals surface area contributed by atoms with Crippen LogP contribution in [0.15, 0.2) is 174 Å². The number of nitrogens with zero attached hydrogens (tertiary/aromatic N) is 5. The molecular formula is C70H92Br3F6N5OP+. The Balaban J connectivity index is 0.000000158. The van der Waals surface area contributed by atoms with Crippen molar-refractivity contribution in [3.63, 3.8) is 0 Å². The molecule has 8 heterocycles. The van der Waals surface area contributed by atoms with Crippen molar-refractivity contribution in [3.8, 4) is 0 Å². The number of benzene rings is 6. The minimum Gasteiger partial charge on any atom is -1.00 e. The van der Waals surface area contributed by atoms with Crippen molar-refractivity contribution in [1.29, 1.82) is 0 Å². The van der Waals surface area contributed by atoms with Crippen LogP contribution in [0.4, 0.5) is 36.6 Å². The summed E-state index contributed by atoms with van der Waals surface area (Å²) in [6.07, 6.45) is 21.1. The van der Waals surface area contributed by atoms with E-state index in [4.69, 9.17) is 0 Å². The fourth-order valence-electron chi connectivity index (χ4n) is 15.3. The number of rotatable bonds is 9. The Morgan fingerprint density at radius 1 is 0.453 bits per heavy atom. The van der Waals surface area contributed by atoms with Crippen molar-refractivity contribution in [2.24, 2.45) is 5.92 Å². The summed E-state index contributed by atoms with van der Waals surface area (Å²) in [5.74, 6) is 1.26. The van der Waals surface area contributed by atoms with Crippen LogP contribution in [0.3, 0.4) is 0 Å². The second kappa shape index (κ2) is 30.3. The third kappa shape index (κ3) is 20.3. The first kappa shape index (κ1) is 69.6. The van der Waals surface area contributed by atoms with Gasteiger partial charge >= 0.3 is 33.0 Å². The van der Waals surface area contributed by atoms with E-state index in [1.807, 2.05) is 29.2 Å². The number of hydrogen-bond acceptors (Lipinski definition) is 1. The topological polar surface area (TPSA) is 20.3 Å². The summed E-state index contributed by atoms with van der Waals surface area (Å²) in [6, 6.07) is 63.0. The fourth-order valence-corrected chi connectivity index (χ4v) is 15.5. The first-order valence-electron chi connectivity index (χ1n) is 31.5. The Bertz CT molecular complexity index is 2920. The number of piperazine rings is 1. The van der Waals surface area contributed by atoms with Gasteiger partial charge in [0.25, 0.3) is 5.91 Å². The van der Waals surface area contributed by atoms with E-state index in [9.17, 15) is 30.0 Å². The Labute approximate surface area is 539 Å². The van der Waals surface area contributed by atoms with Crippen LogP contribution in [0, 0.1) is 12.8 Å². The van der Waals surface area contributed by atoms with E-state index in [1.165, 1.54) is 202 Å². The van der Waals surface area contributed by atoms with Gasteiger partial charge in [-0.3, -0.25) is 13.8 Å². The van der Waals surface area contributed by atoms with Crippen molar-refractivity contribution < 1.29 is 72.9 Å². The minimum atomic E-state index is -10.7. The number of likely N-dealkylation sites (tertiary alicyclic amines) is 1. The zero-order valence-corrected chi connectivity index (χ0v) is 56.0. The molecule has 2 unspecified atom stereocenters. The molecule has 6 aromatic carbocycles. The van der Waals surface area contributed by atoms with Crippen LogP contribution in [0.1, 0.15) is 129 Å². The zero-order valence-electron chi connectivity index (χ0n) is 50.4. The van der Waals surface area contributed by atoms with E-state index in [2.05, 4.69) is 168 Å². The van der Waals surface area contributed by atoms with Gasteiger partial charge in [-0.1, -0.05) is 143 Å². The summed E-state index contributed by atoms with van der Waals surface area (Å²) in [7, 11) is -10.7. The zero-order chi connectivity index (χ0) is 59.2. The van der Waals surface area contributed by atoms with E-state index in [0.29, 0.717) is 0 Å². The normalized spacial score (nSPS) is 25.0. The third-order valence-corrected chi connectivity index (χ3v) is 20.3. The number of carbonyl (C=O) groups is 1. The maximum atomic E-state index is 12.5. The van der Waals surface area contributed by atoms with Gasteiger partial charge in [0.2, 0.25) is 0 Å². The van der Waals surface area contributed by atoms with Gasteiger partial charge in [-0.05, 0) is 132 Å². The second-order valence-corrected chi connectivity index (χ2v) is 28.5. The molecule has 6 nitrogen and oxygen atoms in total. The Morgan fingerprint density at radius 2 is 0.872 bits per heavy atom. The van der Waals surface area contributed by atoms with Gasteiger partial charge in [0.1, 0.15) is 31.0 Å². The molecule has 6 aromatic rings. The van der Waals surface area contributed by atoms with Gasteiger partial charge in [-0.25, -0.2) is 0 Å². The standard InChI is InChI=1S/C21H26N.C19H24N.C16H22BrN2O.C14H20N.2BrH.F6P/c1-17-10-12-18(13-11-17)16-22(19-6-3-2-4-7-19)20-8-5-9-21(22)15-14-20;1-2-10-16-20(15-9-1,19-13-7-4-8-14-19)17-18-11-5-3-6-12-18;17-15-6-4-14(5-7-15)16(20)18-8-12-19(13-9-18)10-2-1-3-11-19;1-2-4-14(5-3-1)12-15-9-6-13(7-10-15)8-11-15;;;1-7(2,3,4,5)6/h2-4,6-7,10-13,20-21H,5,8-9,14-16H2,1H3;3-8,11-14H,1-2,9-10,15-17H2;4-7H,1-3,8-13H2;1-5,13H,6-12H2;2*1H;/q4*+1;;;-1/p-2. The first-order chi connectivity index (χ1) is 40.2. The number of fused-ring (bicyclic) bond motifs is 5. The van der Waals surface area contributed by atoms with Gasteiger partial charge in [-0.2, -0.15) is 0 Å². The number of amides is 1. The summed E-state index contributed by atoms with van der Waals surface area (Å²) in [5, 5.41) is 0. The average molecular weight is 1400 g/mol. The average Bonchev–Trinajstić information content (AvgIpc) is 1.73. The van der Waals surface area contributed by atoms with Gasteiger partial charge in [0.15, 0.2) is 0 Å². The van der Waals surface area contributed by atoms with E-state index < -0.39 is 7.81 Å². The van der Waals surface area contributed by atoms with Crippen LogP contribution in [-0.4, -0.2) is 104 Å². The molecule has 8 fully saturated rings. The number of halogens is 9. The van der Waals surface area contributed by atoms with E-state index >= 15 is 0 Å². The Hall–Kier alpha value is -3.92. The molecule has 470 valence electrons. The van der Waals surface area contributed by atoms with Gasteiger partial charge in [-0.15, -0.1) is 0 Å². The monoisotopic (exact) mass is 1400 g/mol. The maximum Gasteiger partial charge on any atom is 0.254 e. The second-order valence-electron chi connectivity index (χ2n) is 25.7. The molecule has 16 heteroatoms. The molecule has 1 spiro atoms. The Morgan fingerprint density at radius 3 is 1.36 bits per heavy atom. The Kier molecular flexibility index (Phi) is 24.5. The number of aryl methyl sites for hydroxylation is 1. The van der Waals surface area contributed by atoms with Gasteiger partial charge < -0.3 is 47.8 Å². The molecule has 2 atom stereocenters. The third-order valence-electron chi connectivity index (χ3n) is 19.8. The molecule has 1 amide bonds. The van der Waals surface area contributed by atoms with Gasteiger partial charge in [0.05, 0.1) is 84.1 Å². The van der Waals surface area contributed by atoms with Crippen LogP contribution in [-0.2, 0) is 19.6 Å². The molecule has 0 radical (unpaired) electrons. The number of hydrogen-bond donors (Lipinski definition) is 0. The predicted octanol–water partition coefficient (Wildman–Crippen LogP) is 13.1. The summed E-state index contributed by atoms with van der Waals surface area (Å²) < 4.78 is 65.2. The summed E-state index contributed by atoms with van der Waals surface area (Å²) in [6.45, 7) is 19.3. The molecule has 0 saturated carbocycles. The first-order valence-corrected chi connectivity index (χ1v) is 34.3. The predicted molar refractivity (Wildman–Crippen MR) is 340 cm³/mol. The quantitative estimate of drug-likeness (QED) is 0.0803. The summed E-state index contributed by atoms with van der Waals surface area (Å²) in [5.41, 5.74) is 9.66. The SMILES string of the molecule is Cc1ccc(C[N+]2(c3ccccc3)C3CCCC2CC3)cc1.F[P-](F)(F)(F)(F)F.O=C(c1ccc(Br)cc1)N1CC[N+]2(CCCCC2)CC1.[Br-].[Br-].c1ccc(C[N+]2(c3ccccc3)CCCCCC2)cc1.c1ccc(C[N+]23CCC(CC2)CC3)cc1. The number of quaternary nitrogens is 4. The molecule has 0 aromatic heterocycles. The van der Waals surface area contributed by atoms with Crippen LogP contribution in [0.25, 0.3) is 0 Å². The number of para-hydroxylation sites is 2. The van der Waals surface area contributed by atoms with Crippen molar-refractivity contribution in [2.75, 3.05) is 72.0 Å². The van der Waals surface area contributed by atoms with Crippen molar-refractivity contribution in [3.05, 3.63) is 202 Å². The summed E-state index contributed by atoms with van der Waals surface area (Å²) >= 11 is 3.41. The molecule has 0 N–H and O–H groups in total. The molecule has 8 saturated heterocycles. The molecule has 8 aliphatic heterocycles. The number of piperidine rings is 5. The van der Waals surface area contributed by atoms with Crippen LogP contribution < -0.4 is 42.9 Å². The van der Waals surface area contributed by atoms with Gasteiger partial charge in [0, 0.05) is 52.4 Å². The minimum absolute atomic E-state index is 0. The van der Waals surface area contributed by atoms with Crippen LogP contribution >= 0.6 is 23.7 Å². The molecule has 86 heavy (non-hydrogen) atoms.